The highest BCUT2D eigenvalue weighted by Gasteiger charge is 2.09. The van der Waals surface area contributed by atoms with Crippen molar-refractivity contribution in [2.24, 2.45) is 5.73 Å². The third-order valence-corrected chi connectivity index (χ3v) is 3.34. The smallest absolute Gasteiger partial charge is 0.124 e. The highest BCUT2D eigenvalue weighted by Crippen LogP contribution is 2.26. The summed E-state index contributed by atoms with van der Waals surface area (Å²) >= 11 is 0. The zero-order valence-electron chi connectivity index (χ0n) is 12.1. The van der Waals surface area contributed by atoms with E-state index in [0.717, 1.165) is 28.0 Å². The van der Waals surface area contributed by atoms with Gasteiger partial charge in [-0.15, -0.1) is 0 Å². The monoisotopic (exact) mass is 273 g/mol. The fourth-order valence-electron chi connectivity index (χ4n) is 2.13. The lowest BCUT2D eigenvalue weighted by atomic mass is 10.0. The van der Waals surface area contributed by atoms with E-state index >= 15 is 0 Å². The number of hydrogen-bond donors (Lipinski definition) is 1. The van der Waals surface area contributed by atoms with Crippen LogP contribution in [0.5, 0.6) is 5.75 Å². The first-order chi connectivity index (χ1) is 9.47. The summed E-state index contributed by atoms with van der Waals surface area (Å²) in [6, 6.07) is 10.6. The standard InChI is InChI=1S/C17H20FNO/c1-11-4-7-17(16(8-11)13(3)19)20-10-14-5-6-15(18)9-12(14)2/h4-9,13H,10,19H2,1-3H3/t13-/m1/s1. The van der Waals surface area contributed by atoms with Crippen LogP contribution < -0.4 is 10.5 Å². The molecular formula is C17H20FNO. The maximum Gasteiger partial charge on any atom is 0.124 e. The van der Waals surface area contributed by atoms with E-state index in [9.17, 15) is 4.39 Å². The third kappa shape index (κ3) is 3.36. The minimum Gasteiger partial charge on any atom is -0.489 e. The molecule has 0 saturated carbocycles. The van der Waals surface area contributed by atoms with Gasteiger partial charge in [-0.2, -0.15) is 0 Å². The van der Waals surface area contributed by atoms with Crippen molar-refractivity contribution in [1.82, 2.24) is 0 Å². The lowest BCUT2D eigenvalue weighted by Gasteiger charge is -2.15. The fourth-order valence-corrected chi connectivity index (χ4v) is 2.13. The van der Waals surface area contributed by atoms with Crippen molar-refractivity contribution in [3.8, 4) is 5.75 Å². The molecule has 0 aliphatic heterocycles. The van der Waals surface area contributed by atoms with Gasteiger partial charge in [0.15, 0.2) is 0 Å². The molecule has 2 rings (SSSR count). The molecule has 20 heavy (non-hydrogen) atoms. The number of nitrogens with two attached hydrogens (primary N) is 1. The largest absolute Gasteiger partial charge is 0.489 e. The van der Waals surface area contributed by atoms with Crippen LogP contribution in [0.25, 0.3) is 0 Å². The lowest BCUT2D eigenvalue weighted by molar-refractivity contribution is 0.300. The van der Waals surface area contributed by atoms with Crippen LogP contribution in [0.1, 0.15) is 35.2 Å². The molecule has 0 heterocycles. The molecule has 0 spiro atoms. The highest BCUT2D eigenvalue weighted by molar-refractivity contribution is 5.39. The van der Waals surface area contributed by atoms with Gasteiger partial charge in [0.25, 0.3) is 0 Å². The molecule has 0 bridgehead atoms. The van der Waals surface area contributed by atoms with Crippen molar-refractivity contribution >= 4 is 0 Å². The Morgan fingerprint density at radius 3 is 2.55 bits per heavy atom. The van der Waals surface area contributed by atoms with Gasteiger partial charge in [-0.25, -0.2) is 4.39 Å². The van der Waals surface area contributed by atoms with E-state index in [1.807, 2.05) is 39.0 Å². The number of halogens is 1. The van der Waals surface area contributed by atoms with Crippen molar-refractivity contribution in [2.75, 3.05) is 0 Å². The summed E-state index contributed by atoms with van der Waals surface area (Å²) in [7, 11) is 0. The molecule has 0 aromatic heterocycles. The predicted octanol–water partition coefficient (Wildman–Crippen LogP) is 4.04. The average Bonchev–Trinajstić information content (AvgIpc) is 2.38. The van der Waals surface area contributed by atoms with Gasteiger partial charge in [-0.3, -0.25) is 0 Å². The van der Waals surface area contributed by atoms with E-state index in [2.05, 4.69) is 0 Å². The zero-order chi connectivity index (χ0) is 14.7. The Labute approximate surface area is 119 Å². The topological polar surface area (TPSA) is 35.2 Å². The second-order valence-electron chi connectivity index (χ2n) is 5.19. The van der Waals surface area contributed by atoms with Gasteiger partial charge in [0, 0.05) is 11.6 Å². The lowest BCUT2D eigenvalue weighted by Crippen LogP contribution is -2.08. The normalized spacial score (nSPS) is 12.2. The van der Waals surface area contributed by atoms with Gasteiger partial charge in [0.1, 0.15) is 18.2 Å². The van der Waals surface area contributed by atoms with Crippen molar-refractivity contribution in [2.45, 2.75) is 33.4 Å². The Hall–Kier alpha value is -1.87. The molecule has 2 N–H and O–H groups in total. The van der Waals surface area contributed by atoms with Crippen LogP contribution in [-0.4, -0.2) is 0 Å². The summed E-state index contributed by atoms with van der Waals surface area (Å²) in [4.78, 5) is 0. The molecule has 0 amide bonds. The molecule has 1 atom stereocenters. The Balaban J connectivity index is 2.18. The molecule has 0 saturated heterocycles. The first-order valence-electron chi connectivity index (χ1n) is 6.71. The van der Waals surface area contributed by atoms with Gasteiger partial charge in [-0.05, 0) is 50.1 Å². The minimum absolute atomic E-state index is 0.0841. The Kier molecular flexibility index (Phi) is 4.40. The van der Waals surface area contributed by atoms with Crippen LogP contribution in [-0.2, 0) is 6.61 Å². The van der Waals surface area contributed by atoms with Crippen LogP contribution in [0.4, 0.5) is 4.39 Å². The van der Waals surface area contributed by atoms with Gasteiger partial charge in [0.2, 0.25) is 0 Å². The van der Waals surface area contributed by atoms with Gasteiger partial charge in [0.05, 0.1) is 0 Å². The molecule has 2 nitrogen and oxygen atoms in total. The quantitative estimate of drug-likeness (QED) is 0.912. The number of rotatable bonds is 4. The van der Waals surface area contributed by atoms with Crippen molar-refractivity contribution in [3.63, 3.8) is 0 Å². The van der Waals surface area contributed by atoms with Crippen molar-refractivity contribution in [3.05, 3.63) is 64.5 Å². The van der Waals surface area contributed by atoms with E-state index < -0.39 is 0 Å². The number of benzene rings is 2. The molecule has 2 aromatic carbocycles. The van der Waals surface area contributed by atoms with Crippen molar-refractivity contribution < 1.29 is 9.13 Å². The molecule has 3 heteroatoms. The summed E-state index contributed by atoms with van der Waals surface area (Å²) in [5, 5.41) is 0. The minimum atomic E-state index is -0.224. The van der Waals surface area contributed by atoms with Gasteiger partial charge < -0.3 is 10.5 Å². The van der Waals surface area contributed by atoms with Crippen LogP contribution in [0, 0.1) is 19.7 Å². The first kappa shape index (κ1) is 14.5. The summed E-state index contributed by atoms with van der Waals surface area (Å²) in [6.45, 7) is 6.25. The number of aryl methyl sites for hydroxylation is 2. The summed E-state index contributed by atoms with van der Waals surface area (Å²) < 4.78 is 18.9. The molecule has 0 unspecified atom stereocenters. The fraction of sp³-hybridized carbons (Fsp3) is 0.294. The van der Waals surface area contributed by atoms with E-state index in [0.29, 0.717) is 6.61 Å². The Bertz CT molecular complexity index is 608. The van der Waals surface area contributed by atoms with Crippen LogP contribution >= 0.6 is 0 Å². The third-order valence-electron chi connectivity index (χ3n) is 3.34. The molecule has 2 aromatic rings. The Morgan fingerprint density at radius 2 is 1.90 bits per heavy atom. The number of hydrogen-bond acceptors (Lipinski definition) is 2. The summed E-state index contributed by atoms with van der Waals surface area (Å²) in [5.41, 5.74) is 9.98. The van der Waals surface area contributed by atoms with E-state index in [4.69, 9.17) is 10.5 Å². The SMILES string of the molecule is Cc1ccc(OCc2ccc(F)cc2C)c([C@@H](C)N)c1. The summed E-state index contributed by atoms with van der Waals surface area (Å²) in [6.07, 6.45) is 0. The number of ether oxygens (including phenoxy) is 1. The van der Waals surface area contributed by atoms with E-state index in [-0.39, 0.29) is 11.9 Å². The second kappa shape index (κ2) is 6.06. The Morgan fingerprint density at radius 1 is 1.15 bits per heavy atom. The molecule has 0 radical (unpaired) electrons. The van der Waals surface area contributed by atoms with Crippen LogP contribution in [0.15, 0.2) is 36.4 Å². The molecular weight excluding hydrogens is 253 g/mol. The van der Waals surface area contributed by atoms with E-state index in [1.54, 1.807) is 6.07 Å². The first-order valence-corrected chi connectivity index (χ1v) is 6.71. The zero-order valence-corrected chi connectivity index (χ0v) is 12.1. The summed E-state index contributed by atoms with van der Waals surface area (Å²) in [5.74, 6) is 0.562. The van der Waals surface area contributed by atoms with Crippen molar-refractivity contribution in [1.29, 1.82) is 0 Å². The average molecular weight is 273 g/mol. The van der Waals surface area contributed by atoms with Crippen LogP contribution in [0.2, 0.25) is 0 Å². The predicted molar refractivity (Wildman–Crippen MR) is 79.3 cm³/mol. The van der Waals surface area contributed by atoms with Gasteiger partial charge >= 0.3 is 0 Å². The van der Waals surface area contributed by atoms with E-state index in [1.165, 1.54) is 12.1 Å². The highest BCUT2D eigenvalue weighted by atomic mass is 19.1. The molecule has 0 fully saturated rings. The molecule has 0 aliphatic carbocycles. The maximum atomic E-state index is 13.1. The van der Waals surface area contributed by atoms with Crippen LogP contribution in [0.3, 0.4) is 0 Å². The maximum absolute atomic E-state index is 13.1. The second-order valence-corrected chi connectivity index (χ2v) is 5.19. The molecule has 0 aliphatic rings. The van der Waals surface area contributed by atoms with Gasteiger partial charge in [-0.1, -0.05) is 23.8 Å². The molecule has 106 valence electrons.